The summed E-state index contributed by atoms with van der Waals surface area (Å²) in [5.41, 5.74) is 0.858. The van der Waals surface area contributed by atoms with Gasteiger partial charge in [0, 0.05) is 19.3 Å². The lowest BCUT2D eigenvalue weighted by molar-refractivity contribution is -0.120. The van der Waals surface area contributed by atoms with Crippen molar-refractivity contribution in [2.75, 3.05) is 11.9 Å². The minimum atomic E-state index is 0.00760. The smallest absolute Gasteiger partial charge is 0.239 e. The van der Waals surface area contributed by atoms with E-state index in [0.29, 0.717) is 0 Å². The summed E-state index contributed by atoms with van der Waals surface area (Å²) in [7, 11) is 1.84. The van der Waals surface area contributed by atoms with Crippen molar-refractivity contribution >= 4 is 11.6 Å². The van der Waals surface area contributed by atoms with Gasteiger partial charge in [-0.25, -0.2) is 0 Å². The van der Waals surface area contributed by atoms with Gasteiger partial charge in [0.1, 0.15) is 0 Å². The van der Waals surface area contributed by atoms with Crippen LogP contribution in [-0.4, -0.2) is 28.3 Å². The average molecular weight is 210 g/mol. The lowest BCUT2D eigenvalue weighted by atomic mass is 10.2. The molecule has 0 saturated heterocycles. The van der Waals surface area contributed by atoms with Gasteiger partial charge in [-0.05, 0) is 13.3 Å². The van der Waals surface area contributed by atoms with Crippen LogP contribution in [0.15, 0.2) is 12.4 Å². The highest BCUT2D eigenvalue weighted by atomic mass is 16.1. The number of carbonyl (C=O) groups is 1. The molecule has 2 N–H and O–H groups in total. The predicted molar refractivity (Wildman–Crippen MR) is 59.6 cm³/mol. The van der Waals surface area contributed by atoms with Crippen molar-refractivity contribution in [3.05, 3.63) is 12.4 Å². The topological polar surface area (TPSA) is 59.0 Å². The van der Waals surface area contributed by atoms with Gasteiger partial charge in [-0.2, -0.15) is 5.10 Å². The van der Waals surface area contributed by atoms with Gasteiger partial charge in [-0.3, -0.25) is 9.48 Å². The summed E-state index contributed by atoms with van der Waals surface area (Å²) in [6.07, 6.45) is 4.46. The fraction of sp³-hybridized carbons (Fsp3) is 0.600. The molecule has 5 heteroatoms. The average Bonchev–Trinajstić information content (AvgIpc) is 2.61. The van der Waals surface area contributed by atoms with Gasteiger partial charge in [0.2, 0.25) is 5.91 Å². The Morgan fingerprint density at radius 1 is 1.67 bits per heavy atom. The van der Waals surface area contributed by atoms with E-state index in [1.54, 1.807) is 10.9 Å². The van der Waals surface area contributed by atoms with Gasteiger partial charge >= 0.3 is 0 Å². The first-order valence-electron chi connectivity index (χ1n) is 5.13. The molecule has 0 spiro atoms. The molecule has 0 fully saturated rings. The number of rotatable bonds is 5. The molecular weight excluding hydrogens is 192 g/mol. The zero-order valence-corrected chi connectivity index (χ0v) is 9.45. The highest BCUT2D eigenvalue weighted by Crippen LogP contribution is 2.01. The van der Waals surface area contributed by atoms with Crippen LogP contribution < -0.4 is 10.6 Å². The van der Waals surface area contributed by atoms with Gasteiger partial charge < -0.3 is 10.6 Å². The maximum Gasteiger partial charge on any atom is 0.239 e. The summed E-state index contributed by atoms with van der Waals surface area (Å²) >= 11 is 0. The second-order valence-corrected chi connectivity index (χ2v) is 3.63. The summed E-state index contributed by atoms with van der Waals surface area (Å²) in [6, 6.07) is 0.230. The zero-order chi connectivity index (χ0) is 11.3. The van der Waals surface area contributed by atoms with Crippen LogP contribution in [0, 0.1) is 0 Å². The van der Waals surface area contributed by atoms with E-state index in [2.05, 4.69) is 15.7 Å². The van der Waals surface area contributed by atoms with E-state index in [-0.39, 0.29) is 18.5 Å². The molecule has 5 nitrogen and oxygen atoms in total. The molecule has 0 radical (unpaired) electrons. The minimum Gasteiger partial charge on any atom is -0.374 e. The summed E-state index contributed by atoms with van der Waals surface area (Å²) in [5, 5.41) is 9.87. The number of anilines is 1. The first kappa shape index (κ1) is 11.6. The van der Waals surface area contributed by atoms with Crippen molar-refractivity contribution in [2.24, 2.45) is 7.05 Å². The van der Waals surface area contributed by atoms with E-state index >= 15 is 0 Å². The third kappa shape index (κ3) is 4.01. The molecule has 0 aliphatic carbocycles. The number of nitrogens with zero attached hydrogens (tertiary/aromatic N) is 2. The van der Waals surface area contributed by atoms with E-state index in [1.807, 2.05) is 27.1 Å². The Hall–Kier alpha value is -1.52. The van der Waals surface area contributed by atoms with Crippen molar-refractivity contribution < 1.29 is 4.79 Å². The first-order chi connectivity index (χ1) is 7.11. The molecule has 1 amide bonds. The van der Waals surface area contributed by atoms with Gasteiger partial charge in [-0.15, -0.1) is 0 Å². The number of hydrogen-bond donors (Lipinski definition) is 2. The molecule has 1 rings (SSSR count). The van der Waals surface area contributed by atoms with Gasteiger partial charge in [-0.1, -0.05) is 6.92 Å². The molecule has 15 heavy (non-hydrogen) atoms. The Bertz CT molecular complexity index is 321. The lowest BCUT2D eigenvalue weighted by Crippen LogP contribution is -2.36. The summed E-state index contributed by atoms with van der Waals surface area (Å²) < 4.78 is 1.69. The monoisotopic (exact) mass is 210 g/mol. The number of hydrogen-bond acceptors (Lipinski definition) is 3. The van der Waals surface area contributed by atoms with Crippen LogP contribution in [0.5, 0.6) is 0 Å². The quantitative estimate of drug-likeness (QED) is 0.754. The highest BCUT2D eigenvalue weighted by Gasteiger charge is 2.05. The number of aryl methyl sites for hydroxylation is 1. The van der Waals surface area contributed by atoms with Crippen LogP contribution in [0.25, 0.3) is 0 Å². The molecule has 0 aliphatic heterocycles. The minimum absolute atomic E-state index is 0.00760. The third-order valence-electron chi connectivity index (χ3n) is 2.18. The Labute approximate surface area is 89.9 Å². The van der Waals surface area contributed by atoms with Crippen LogP contribution in [0.1, 0.15) is 20.3 Å². The van der Waals surface area contributed by atoms with E-state index in [0.717, 1.165) is 12.1 Å². The Morgan fingerprint density at radius 3 is 2.93 bits per heavy atom. The molecular formula is C10H18N4O. The molecule has 84 valence electrons. The van der Waals surface area contributed by atoms with Gasteiger partial charge in [0.05, 0.1) is 18.4 Å². The SMILES string of the molecule is CCC(C)NC(=O)CNc1cnn(C)c1. The van der Waals surface area contributed by atoms with Crippen LogP contribution in [0.4, 0.5) is 5.69 Å². The Morgan fingerprint density at radius 2 is 2.40 bits per heavy atom. The van der Waals surface area contributed by atoms with Gasteiger partial charge in [0.25, 0.3) is 0 Å². The van der Waals surface area contributed by atoms with E-state index in [9.17, 15) is 4.79 Å². The molecule has 0 aliphatic rings. The molecule has 1 unspecified atom stereocenters. The largest absolute Gasteiger partial charge is 0.374 e. The van der Waals surface area contributed by atoms with Crippen molar-refractivity contribution in [2.45, 2.75) is 26.3 Å². The van der Waals surface area contributed by atoms with Crippen LogP contribution in [0.2, 0.25) is 0 Å². The zero-order valence-electron chi connectivity index (χ0n) is 9.45. The first-order valence-corrected chi connectivity index (χ1v) is 5.13. The van der Waals surface area contributed by atoms with Crippen LogP contribution in [-0.2, 0) is 11.8 Å². The standard InChI is InChI=1S/C10H18N4O/c1-4-8(2)13-10(15)6-11-9-5-12-14(3)7-9/h5,7-8,11H,4,6H2,1-3H3,(H,13,15). The van der Waals surface area contributed by atoms with Crippen LogP contribution in [0.3, 0.4) is 0 Å². The maximum absolute atomic E-state index is 11.4. The van der Waals surface area contributed by atoms with Crippen molar-refractivity contribution in [3.8, 4) is 0 Å². The van der Waals surface area contributed by atoms with Crippen molar-refractivity contribution in [1.82, 2.24) is 15.1 Å². The van der Waals surface area contributed by atoms with Crippen molar-refractivity contribution in [3.63, 3.8) is 0 Å². The van der Waals surface area contributed by atoms with Crippen molar-refractivity contribution in [1.29, 1.82) is 0 Å². The van der Waals surface area contributed by atoms with Gasteiger partial charge in [0.15, 0.2) is 0 Å². The maximum atomic E-state index is 11.4. The number of amides is 1. The van der Waals surface area contributed by atoms with E-state index in [1.165, 1.54) is 0 Å². The molecule has 0 bridgehead atoms. The molecule has 1 aromatic rings. The lowest BCUT2D eigenvalue weighted by Gasteiger charge is -2.11. The summed E-state index contributed by atoms with van der Waals surface area (Å²) in [6.45, 7) is 4.32. The second-order valence-electron chi connectivity index (χ2n) is 3.63. The van der Waals surface area contributed by atoms with Crippen LogP contribution >= 0.6 is 0 Å². The Balaban J connectivity index is 2.28. The van der Waals surface area contributed by atoms with E-state index in [4.69, 9.17) is 0 Å². The summed E-state index contributed by atoms with van der Waals surface area (Å²) in [4.78, 5) is 11.4. The third-order valence-corrected chi connectivity index (χ3v) is 2.18. The number of nitrogens with one attached hydrogen (secondary N) is 2. The normalized spacial score (nSPS) is 12.2. The predicted octanol–water partition coefficient (Wildman–Crippen LogP) is 0.747. The molecule has 0 aromatic carbocycles. The fourth-order valence-electron chi connectivity index (χ4n) is 1.12. The number of aromatic nitrogens is 2. The Kier molecular flexibility index (Phi) is 4.15. The van der Waals surface area contributed by atoms with E-state index < -0.39 is 0 Å². The number of carbonyl (C=O) groups excluding carboxylic acids is 1. The summed E-state index contributed by atoms with van der Waals surface area (Å²) in [5.74, 6) is 0.00760. The molecule has 0 saturated carbocycles. The highest BCUT2D eigenvalue weighted by molar-refractivity contribution is 5.80. The molecule has 1 atom stereocenters. The molecule has 1 heterocycles. The molecule has 1 aromatic heterocycles. The second kappa shape index (κ2) is 5.38. The fourth-order valence-corrected chi connectivity index (χ4v) is 1.12.